The summed E-state index contributed by atoms with van der Waals surface area (Å²) in [7, 11) is 0. The Morgan fingerprint density at radius 1 is 0.296 bits per heavy atom. The molecule has 0 aliphatic heterocycles. The lowest BCUT2D eigenvalue weighted by atomic mass is 10.1. The Kier molecular flexibility index (Phi) is 56.3. The second kappa shape index (κ2) is 59.2. The molecule has 1 atom stereocenters. The number of ether oxygens (including phenoxy) is 3. The molecule has 0 aromatic heterocycles. The van der Waals surface area contributed by atoms with Gasteiger partial charge in [0.05, 0.1) is 0 Å². The van der Waals surface area contributed by atoms with Gasteiger partial charge in [-0.1, -0.05) is 260 Å². The SMILES string of the molecule is CC/C=C\C/C=C\C/C=C\C/C=C\CCCCCCCCCCCCC(=O)OCC(COC(=O)CCCCCCCCCCCCC)OC(=O)CCCCCCCC/C=C\C/C=C\C/C=C\CCCCC. The van der Waals surface area contributed by atoms with Crippen molar-refractivity contribution in [2.24, 2.45) is 0 Å². The minimum absolute atomic E-state index is 0.0809. The molecule has 0 aromatic rings. The predicted octanol–water partition coefficient (Wildman–Crippen LogP) is 20.3. The monoisotopic (exact) mass is 989 g/mol. The maximum atomic E-state index is 12.9. The minimum Gasteiger partial charge on any atom is -0.462 e. The molecule has 71 heavy (non-hydrogen) atoms. The highest BCUT2D eigenvalue weighted by atomic mass is 16.6. The van der Waals surface area contributed by atoms with Crippen LogP contribution in [0.2, 0.25) is 0 Å². The Labute approximate surface area is 439 Å². The van der Waals surface area contributed by atoms with Crippen molar-refractivity contribution in [1.82, 2.24) is 0 Å². The molecule has 0 aliphatic rings. The molecule has 0 bridgehead atoms. The summed E-state index contributed by atoms with van der Waals surface area (Å²) >= 11 is 0. The summed E-state index contributed by atoms with van der Waals surface area (Å²) in [4.78, 5) is 38.2. The van der Waals surface area contributed by atoms with Crippen molar-refractivity contribution in [3.05, 3.63) is 85.1 Å². The maximum absolute atomic E-state index is 12.9. The van der Waals surface area contributed by atoms with Gasteiger partial charge in [-0.05, 0) is 96.3 Å². The van der Waals surface area contributed by atoms with Gasteiger partial charge in [0.15, 0.2) is 6.10 Å². The zero-order valence-electron chi connectivity index (χ0n) is 46.7. The summed E-state index contributed by atoms with van der Waals surface area (Å²) in [6.07, 6.45) is 77.2. The van der Waals surface area contributed by atoms with Gasteiger partial charge in [0, 0.05) is 19.3 Å². The summed E-state index contributed by atoms with van der Waals surface area (Å²) in [6.45, 7) is 6.50. The number of carbonyl (C=O) groups excluding carboxylic acids is 3. The van der Waals surface area contributed by atoms with E-state index in [-0.39, 0.29) is 31.1 Å². The summed E-state index contributed by atoms with van der Waals surface area (Å²) in [5, 5.41) is 0. The van der Waals surface area contributed by atoms with Crippen LogP contribution in [0, 0.1) is 0 Å². The molecule has 0 fully saturated rings. The van der Waals surface area contributed by atoms with E-state index in [1.807, 2.05) is 0 Å². The Hall–Kier alpha value is -3.41. The number of unbranched alkanes of at least 4 members (excludes halogenated alkanes) is 29. The smallest absolute Gasteiger partial charge is 0.306 e. The molecule has 0 saturated carbocycles. The molecular formula is C65H112O6. The van der Waals surface area contributed by atoms with Crippen LogP contribution in [0.15, 0.2) is 85.1 Å². The van der Waals surface area contributed by atoms with Gasteiger partial charge in [0.2, 0.25) is 0 Å². The molecule has 6 heteroatoms. The van der Waals surface area contributed by atoms with E-state index in [4.69, 9.17) is 14.2 Å². The maximum Gasteiger partial charge on any atom is 0.306 e. The molecule has 0 spiro atoms. The second-order valence-electron chi connectivity index (χ2n) is 19.9. The van der Waals surface area contributed by atoms with Crippen molar-refractivity contribution < 1.29 is 28.6 Å². The fraction of sp³-hybridized carbons (Fsp3) is 0.738. The first-order valence-electron chi connectivity index (χ1n) is 30.1. The first kappa shape index (κ1) is 67.6. The zero-order valence-corrected chi connectivity index (χ0v) is 46.7. The summed E-state index contributed by atoms with van der Waals surface area (Å²) in [5.74, 6) is -0.890. The topological polar surface area (TPSA) is 78.9 Å². The van der Waals surface area contributed by atoms with Crippen LogP contribution in [-0.2, 0) is 28.6 Å². The number of hydrogen-bond acceptors (Lipinski definition) is 6. The van der Waals surface area contributed by atoms with Crippen LogP contribution in [-0.4, -0.2) is 37.2 Å². The second-order valence-corrected chi connectivity index (χ2v) is 19.9. The average Bonchev–Trinajstić information content (AvgIpc) is 3.37. The Morgan fingerprint density at radius 3 is 0.887 bits per heavy atom. The fourth-order valence-electron chi connectivity index (χ4n) is 8.38. The van der Waals surface area contributed by atoms with E-state index >= 15 is 0 Å². The first-order chi connectivity index (χ1) is 35.0. The van der Waals surface area contributed by atoms with Crippen LogP contribution >= 0.6 is 0 Å². The van der Waals surface area contributed by atoms with Gasteiger partial charge < -0.3 is 14.2 Å². The number of esters is 3. The van der Waals surface area contributed by atoms with E-state index in [0.717, 1.165) is 109 Å². The Balaban J connectivity index is 4.33. The van der Waals surface area contributed by atoms with Gasteiger partial charge in [-0.15, -0.1) is 0 Å². The molecule has 0 saturated heterocycles. The van der Waals surface area contributed by atoms with E-state index in [0.29, 0.717) is 19.3 Å². The summed E-state index contributed by atoms with van der Waals surface area (Å²) < 4.78 is 16.9. The highest BCUT2D eigenvalue weighted by Crippen LogP contribution is 2.16. The highest BCUT2D eigenvalue weighted by Gasteiger charge is 2.19. The highest BCUT2D eigenvalue weighted by molar-refractivity contribution is 5.71. The standard InChI is InChI=1S/C65H112O6/c1-4-7-10-13-16-19-22-24-26-28-30-31-32-33-35-36-38-40-43-46-49-52-55-58-64(67)70-61-62(60-69-63(66)57-54-51-48-45-42-21-18-15-12-9-6-3)71-65(68)59-56-53-50-47-44-41-39-37-34-29-27-25-23-20-17-14-11-8-5-2/h7,10,16-17,19-20,24-27,30-31,34,37,62H,4-6,8-9,11-15,18,21-23,28-29,32-33,35-36,38-61H2,1-3H3/b10-7-,19-16-,20-17-,26-24-,27-25-,31-30-,37-34-. The minimum atomic E-state index is -0.784. The molecule has 6 nitrogen and oxygen atoms in total. The van der Waals surface area contributed by atoms with E-state index in [1.54, 1.807) is 0 Å². The molecule has 0 aromatic carbocycles. The van der Waals surface area contributed by atoms with Gasteiger partial charge in [0.25, 0.3) is 0 Å². The van der Waals surface area contributed by atoms with Crippen molar-refractivity contribution in [2.75, 3.05) is 13.2 Å². The lowest BCUT2D eigenvalue weighted by Gasteiger charge is -2.18. The van der Waals surface area contributed by atoms with Crippen LogP contribution in [0.3, 0.4) is 0 Å². The lowest BCUT2D eigenvalue weighted by Crippen LogP contribution is -2.30. The van der Waals surface area contributed by atoms with Gasteiger partial charge in [0.1, 0.15) is 13.2 Å². The largest absolute Gasteiger partial charge is 0.462 e. The van der Waals surface area contributed by atoms with Crippen LogP contribution in [0.4, 0.5) is 0 Å². The molecule has 0 aliphatic carbocycles. The van der Waals surface area contributed by atoms with Crippen LogP contribution in [0.25, 0.3) is 0 Å². The van der Waals surface area contributed by atoms with Crippen LogP contribution in [0.5, 0.6) is 0 Å². The number of allylic oxidation sites excluding steroid dienone is 14. The van der Waals surface area contributed by atoms with Crippen LogP contribution < -0.4 is 0 Å². The molecule has 0 radical (unpaired) electrons. The molecule has 0 heterocycles. The van der Waals surface area contributed by atoms with Crippen molar-refractivity contribution in [2.45, 2.75) is 297 Å². The molecular weight excluding hydrogens is 877 g/mol. The van der Waals surface area contributed by atoms with Crippen molar-refractivity contribution in [3.63, 3.8) is 0 Å². The normalized spacial score (nSPS) is 12.7. The first-order valence-corrected chi connectivity index (χ1v) is 30.1. The van der Waals surface area contributed by atoms with E-state index < -0.39 is 6.10 Å². The predicted molar refractivity (Wildman–Crippen MR) is 307 cm³/mol. The molecule has 0 N–H and O–H groups in total. The molecule has 1 unspecified atom stereocenters. The summed E-state index contributed by atoms with van der Waals surface area (Å²) in [5.41, 5.74) is 0. The molecule has 408 valence electrons. The van der Waals surface area contributed by atoms with Gasteiger partial charge in [-0.2, -0.15) is 0 Å². The van der Waals surface area contributed by atoms with E-state index in [1.165, 1.54) is 141 Å². The van der Waals surface area contributed by atoms with Crippen LogP contribution in [0.1, 0.15) is 290 Å². The van der Waals surface area contributed by atoms with Crippen molar-refractivity contribution >= 4 is 17.9 Å². The van der Waals surface area contributed by atoms with Crippen molar-refractivity contribution in [3.8, 4) is 0 Å². The quantitative estimate of drug-likeness (QED) is 0.0261. The Morgan fingerprint density at radius 2 is 0.549 bits per heavy atom. The van der Waals surface area contributed by atoms with Gasteiger partial charge >= 0.3 is 17.9 Å². The third-order valence-electron chi connectivity index (χ3n) is 12.9. The molecule has 0 amide bonds. The number of hydrogen-bond donors (Lipinski definition) is 0. The van der Waals surface area contributed by atoms with Gasteiger partial charge in [-0.25, -0.2) is 0 Å². The van der Waals surface area contributed by atoms with Crippen molar-refractivity contribution in [1.29, 1.82) is 0 Å². The van der Waals surface area contributed by atoms with E-state index in [2.05, 4.69) is 106 Å². The zero-order chi connectivity index (χ0) is 51.4. The molecule has 0 rings (SSSR count). The number of carbonyl (C=O) groups is 3. The third kappa shape index (κ3) is 57.4. The summed E-state index contributed by atoms with van der Waals surface area (Å²) in [6, 6.07) is 0. The lowest BCUT2D eigenvalue weighted by molar-refractivity contribution is -0.167. The third-order valence-corrected chi connectivity index (χ3v) is 12.9. The van der Waals surface area contributed by atoms with Gasteiger partial charge in [-0.3, -0.25) is 14.4 Å². The Bertz CT molecular complexity index is 1370. The average molecular weight is 990 g/mol. The number of rotatable bonds is 54. The van der Waals surface area contributed by atoms with E-state index in [9.17, 15) is 14.4 Å². The fourth-order valence-corrected chi connectivity index (χ4v) is 8.38.